The lowest BCUT2D eigenvalue weighted by atomic mass is 9.84. The molecular formula is C13H26N2O3. The molecule has 0 fully saturated rings. The number of rotatable bonds is 8. The highest BCUT2D eigenvalue weighted by Crippen LogP contribution is 2.26. The molecule has 0 aromatic heterocycles. The second-order valence-electron chi connectivity index (χ2n) is 6.15. The van der Waals surface area contributed by atoms with Crippen LogP contribution >= 0.6 is 0 Å². The third-order valence-corrected chi connectivity index (χ3v) is 3.23. The highest BCUT2D eigenvalue weighted by molar-refractivity contribution is 5.81. The number of amides is 1. The average molecular weight is 258 g/mol. The zero-order valence-electron chi connectivity index (χ0n) is 11.9. The van der Waals surface area contributed by atoms with Crippen LogP contribution < -0.4 is 11.1 Å². The van der Waals surface area contributed by atoms with Crippen molar-refractivity contribution in [1.82, 2.24) is 5.32 Å². The third kappa shape index (κ3) is 6.59. The Balaban J connectivity index is 4.03. The van der Waals surface area contributed by atoms with Gasteiger partial charge in [-0.1, -0.05) is 13.8 Å². The predicted octanol–water partition coefficient (Wildman–Crippen LogP) is 1.37. The Hall–Kier alpha value is -1.10. The SMILES string of the molecule is CC(C)(CCNC(=O)C(C)(C)CN)CCC(=O)O. The third-order valence-electron chi connectivity index (χ3n) is 3.23. The second kappa shape index (κ2) is 6.73. The number of nitrogens with one attached hydrogen (secondary N) is 1. The van der Waals surface area contributed by atoms with E-state index in [0.29, 0.717) is 19.5 Å². The van der Waals surface area contributed by atoms with Gasteiger partial charge in [0.1, 0.15) is 0 Å². The van der Waals surface area contributed by atoms with Crippen LogP contribution in [0.15, 0.2) is 0 Å². The van der Waals surface area contributed by atoms with Crippen LogP contribution in [0.3, 0.4) is 0 Å². The van der Waals surface area contributed by atoms with Crippen molar-refractivity contribution in [1.29, 1.82) is 0 Å². The monoisotopic (exact) mass is 258 g/mol. The molecule has 0 radical (unpaired) electrons. The quantitative estimate of drug-likeness (QED) is 0.613. The first-order chi connectivity index (χ1) is 8.10. The van der Waals surface area contributed by atoms with Gasteiger partial charge in [0, 0.05) is 19.5 Å². The zero-order chi connectivity index (χ0) is 14.4. The maximum atomic E-state index is 11.8. The maximum Gasteiger partial charge on any atom is 0.303 e. The predicted molar refractivity (Wildman–Crippen MR) is 71.1 cm³/mol. The normalized spacial score (nSPS) is 12.3. The zero-order valence-corrected chi connectivity index (χ0v) is 11.9. The van der Waals surface area contributed by atoms with Gasteiger partial charge in [-0.15, -0.1) is 0 Å². The van der Waals surface area contributed by atoms with Crippen LogP contribution in [0.5, 0.6) is 0 Å². The van der Waals surface area contributed by atoms with E-state index >= 15 is 0 Å². The van der Waals surface area contributed by atoms with E-state index in [9.17, 15) is 9.59 Å². The molecule has 0 aromatic carbocycles. The summed E-state index contributed by atoms with van der Waals surface area (Å²) in [4.78, 5) is 22.3. The van der Waals surface area contributed by atoms with Gasteiger partial charge >= 0.3 is 5.97 Å². The number of nitrogens with two attached hydrogens (primary N) is 1. The Morgan fingerprint density at radius 1 is 1.17 bits per heavy atom. The van der Waals surface area contributed by atoms with E-state index in [-0.39, 0.29) is 17.7 Å². The molecule has 5 nitrogen and oxygen atoms in total. The minimum absolute atomic E-state index is 0.0564. The molecule has 0 aliphatic heterocycles. The van der Waals surface area contributed by atoms with Crippen LogP contribution in [0, 0.1) is 10.8 Å². The number of carbonyl (C=O) groups excluding carboxylic acids is 1. The minimum atomic E-state index is -0.781. The Morgan fingerprint density at radius 2 is 1.72 bits per heavy atom. The lowest BCUT2D eigenvalue weighted by Gasteiger charge is -2.26. The topological polar surface area (TPSA) is 92.4 Å². The van der Waals surface area contributed by atoms with Gasteiger partial charge in [0.05, 0.1) is 5.41 Å². The van der Waals surface area contributed by atoms with Crippen LogP contribution in [0.25, 0.3) is 0 Å². The highest BCUT2D eigenvalue weighted by Gasteiger charge is 2.26. The summed E-state index contributed by atoms with van der Waals surface area (Å²) in [5.41, 5.74) is 4.88. The van der Waals surface area contributed by atoms with E-state index in [0.717, 1.165) is 6.42 Å². The summed E-state index contributed by atoms with van der Waals surface area (Å²) in [7, 11) is 0. The van der Waals surface area contributed by atoms with Crippen molar-refractivity contribution in [3.8, 4) is 0 Å². The average Bonchev–Trinajstić information content (AvgIpc) is 2.26. The molecule has 106 valence electrons. The van der Waals surface area contributed by atoms with Gasteiger partial charge in [-0.05, 0) is 32.1 Å². The van der Waals surface area contributed by atoms with Crippen LogP contribution in [0.2, 0.25) is 0 Å². The molecule has 5 heteroatoms. The first-order valence-corrected chi connectivity index (χ1v) is 6.31. The summed E-state index contributed by atoms with van der Waals surface area (Å²) in [5.74, 6) is -0.838. The summed E-state index contributed by atoms with van der Waals surface area (Å²) in [6.45, 7) is 8.48. The molecule has 1 amide bonds. The molecular weight excluding hydrogens is 232 g/mol. The summed E-state index contributed by atoms with van der Waals surface area (Å²) < 4.78 is 0. The van der Waals surface area contributed by atoms with Gasteiger partial charge in [-0.2, -0.15) is 0 Å². The maximum absolute atomic E-state index is 11.8. The lowest BCUT2D eigenvalue weighted by molar-refractivity contribution is -0.137. The Labute approximate surface area is 109 Å². The summed E-state index contributed by atoms with van der Waals surface area (Å²) in [6, 6.07) is 0. The standard InChI is InChI=1S/C13H26N2O3/c1-12(2,6-5-10(16)17)7-8-15-11(18)13(3,4)9-14/h5-9,14H2,1-4H3,(H,15,18)(H,16,17). The summed E-state index contributed by atoms with van der Waals surface area (Å²) >= 11 is 0. The molecule has 0 aromatic rings. The van der Waals surface area contributed by atoms with Crippen molar-refractivity contribution in [2.75, 3.05) is 13.1 Å². The Bertz CT molecular complexity index is 299. The van der Waals surface area contributed by atoms with E-state index in [4.69, 9.17) is 10.8 Å². The molecule has 0 saturated carbocycles. The number of carboxylic acid groups (broad SMARTS) is 1. The molecule has 0 heterocycles. The second-order valence-corrected chi connectivity index (χ2v) is 6.15. The highest BCUT2D eigenvalue weighted by atomic mass is 16.4. The molecule has 0 rings (SSSR count). The van der Waals surface area contributed by atoms with Crippen LogP contribution in [-0.2, 0) is 9.59 Å². The van der Waals surface area contributed by atoms with Gasteiger partial charge in [-0.25, -0.2) is 0 Å². The van der Waals surface area contributed by atoms with Gasteiger partial charge in [-0.3, -0.25) is 9.59 Å². The summed E-state index contributed by atoms with van der Waals surface area (Å²) in [6.07, 6.45) is 1.53. The smallest absolute Gasteiger partial charge is 0.303 e. The molecule has 0 aliphatic rings. The molecule has 4 N–H and O–H groups in total. The van der Waals surface area contributed by atoms with Crippen molar-refractivity contribution < 1.29 is 14.7 Å². The van der Waals surface area contributed by atoms with E-state index in [1.807, 2.05) is 13.8 Å². The minimum Gasteiger partial charge on any atom is -0.481 e. The number of carboxylic acids is 1. The van der Waals surface area contributed by atoms with Crippen molar-refractivity contribution in [2.24, 2.45) is 16.6 Å². The van der Waals surface area contributed by atoms with Crippen LogP contribution in [-0.4, -0.2) is 30.1 Å². The number of hydrogen-bond donors (Lipinski definition) is 3. The first kappa shape index (κ1) is 16.9. The molecule has 0 bridgehead atoms. The molecule has 0 aliphatic carbocycles. The molecule has 0 spiro atoms. The van der Waals surface area contributed by atoms with Crippen molar-refractivity contribution >= 4 is 11.9 Å². The summed E-state index contributed by atoms with van der Waals surface area (Å²) in [5, 5.41) is 11.5. The fourth-order valence-corrected chi connectivity index (χ4v) is 1.42. The molecule has 0 saturated heterocycles. The van der Waals surface area contributed by atoms with Gasteiger partial charge in [0.2, 0.25) is 5.91 Å². The van der Waals surface area contributed by atoms with Gasteiger partial charge in [0.15, 0.2) is 0 Å². The lowest BCUT2D eigenvalue weighted by Crippen LogP contribution is -2.42. The molecule has 0 unspecified atom stereocenters. The number of hydrogen-bond acceptors (Lipinski definition) is 3. The molecule has 0 atom stereocenters. The van der Waals surface area contributed by atoms with Crippen LogP contribution in [0.4, 0.5) is 0 Å². The van der Waals surface area contributed by atoms with Crippen molar-refractivity contribution in [3.63, 3.8) is 0 Å². The van der Waals surface area contributed by atoms with E-state index in [1.165, 1.54) is 0 Å². The van der Waals surface area contributed by atoms with E-state index in [1.54, 1.807) is 13.8 Å². The van der Waals surface area contributed by atoms with Crippen LogP contribution in [0.1, 0.15) is 47.0 Å². The van der Waals surface area contributed by atoms with Crippen molar-refractivity contribution in [3.05, 3.63) is 0 Å². The Morgan fingerprint density at radius 3 is 2.17 bits per heavy atom. The fraction of sp³-hybridized carbons (Fsp3) is 0.846. The number of carbonyl (C=O) groups is 2. The van der Waals surface area contributed by atoms with Gasteiger partial charge < -0.3 is 16.2 Å². The van der Waals surface area contributed by atoms with E-state index in [2.05, 4.69) is 5.32 Å². The first-order valence-electron chi connectivity index (χ1n) is 6.31. The van der Waals surface area contributed by atoms with E-state index < -0.39 is 11.4 Å². The molecule has 18 heavy (non-hydrogen) atoms. The van der Waals surface area contributed by atoms with Gasteiger partial charge in [0.25, 0.3) is 0 Å². The number of aliphatic carboxylic acids is 1. The van der Waals surface area contributed by atoms with Crippen molar-refractivity contribution in [2.45, 2.75) is 47.0 Å². The largest absolute Gasteiger partial charge is 0.481 e. The fourth-order valence-electron chi connectivity index (χ4n) is 1.42. The Kier molecular flexibility index (Phi) is 6.32.